The fourth-order valence-corrected chi connectivity index (χ4v) is 4.12. The van der Waals surface area contributed by atoms with Gasteiger partial charge in [-0.3, -0.25) is 4.79 Å². The fraction of sp³-hybridized carbons (Fsp3) is 0.529. The number of carbonyl (C=O) groups is 2. The molecule has 5 nitrogen and oxygen atoms in total. The third kappa shape index (κ3) is 2.16. The summed E-state index contributed by atoms with van der Waals surface area (Å²) in [5, 5.41) is 12.2. The highest BCUT2D eigenvalue weighted by Gasteiger charge is 2.56. The third-order valence-electron chi connectivity index (χ3n) is 5.29. The van der Waals surface area contributed by atoms with Crippen LogP contribution in [0.15, 0.2) is 18.2 Å². The number of fused-ring (bicyclic) bond motifs is 2. The Hall–Kier alpha value is -2.04. The van der Waals surface area contributed by atoms with E-state index in [9.17, 15) is 14.7 Å². The molecule has 0 spiro atoms. The van der Waals surface area contributed by atoms with Crippen LogP contribution in [0.4, 0.5) is 0 Å². The first-order chi connectivity index (χ1) is 10.6. The lowest BCUT2D eigenvalue weighted by atomic mass is 10.0. The van der Waals surface area contributed by atoms with Crippen LogP contribution in [-0.2, 0) is 16.0 Å². The molecule has 1 aromatic carbocycles. The van der Waals surface area contributed by atoms with E-state index < -0.39 is 12.0 Å². The number of carbonyl (C=O) groups excluding carboxylic acids is 1. The Kier molecular flexibility index (Phi) is 3.10. The van der Waals surface area contributed by atoms with Crippen molar-refractivity contribution < 1.29 is 19.4 Å². The monoisotopic (exact) mass is 301 g/mol. The number of amides is 1. The maximum absolute atomic E-state index is 12.3. The van der Waals surface area contributed by atoms with E-state index in [0.717, 1.165) is 30.6 Å². The second kappa shape index (κ2) is 5.00. The molecule has 1 amide bonds. The molecular formula is C17H19NO4. The largest absolute Gasteiger partial charge is 0.493 e. The number of benzene rings is 1. The highest BCUT2D eigenvalue weighted by Crippen LogP contribution is 2.57. The number of carboxylic acid groups (broad SMARTS) is 1. The van der Waals surface area contributed by atoms with Gasteiger partial charge in [0.25, 0.3) is 0 Å². The lowest BCUT2D eigenvalue weighted by Crippen LogP contribution is -2.35. The van der Waals surface area contributed by atoms with Gasteiger partial charge in [-0.25, -0.2) is 4.79 Å². The van der Waals surface area contributed by atoms with Gasteiger partial charge in [0.15, 0.2) is 6.04 Å². The Morgan fingerprint density at radius 3 is 2.77 bits per heavy atom. The summed E-state index contributed by atoms with van der Waals surface area (Å²) in [7, 11) is 0. The number of ether oxygens (including phenoxy) is 1. The van der Waals surface area contributed by atoms with Gasteiger partial charge >= 0.3 is 5.97 Å². The van der Waals surface area contributed by atoms with Crippen LogP contribution in [0.25, 0.3) is 0 Å². The van der Waals surface area contributed by atoms with Crippen LogP contribution >= 0.6 is 0 Å². The fourth-order valence-electron chi connectivity index (χ4n) is 4.12. The van der Waals surface area contributed by atoms with E-state index in [1.54, 1.807) is 12.1 Å². The van der Waals surface area contributed by atoms with Crippen molar-refractivity contribution >= 4 is 11.9 Å². The Bertz CT molecular complexity index is 632. The average molecular weight is 301 g/mol. The minimum absolute atomic E-state index is 0.0355. The number of rotatable bonds is 4. The second-order valence-electron chi connectivity index (χ2n) is 6.53. The van der Waals surface area contributed by atoms with Gasteiger partial charge in [-0.1, -0.05) is 12.5 Å². The minimum atomic E-state index is -1.02. The molecule has 3 atom stereocenters. The highest BCUT2D eigenvalue weighted by atomic mass is 16.5. The molecule has 4 rings (SSSR count). The number of aliphatic carboxylic acids is 1. The maximum atomic E-state index is 12.3. The molecule has 2 aliphatic carbocycles. The van der Waals surface area contributed by atoms with Crippen molar-refractivity contribution in [3.8, 4) is 5.75 Å². The molecule has 1 aromatic rings. The lowest BCUT2D eigenvalue weighted by molar-refractivity contribution is -0.142. The Balaban J connectivity index is 1.51. The first-order valence-electron chi connectivity index (χ1n) is 7.94. The van der Waals surface area contributed by atoms with Crippen molar-refractivity contribution in [3.05, 3.63) is 29.3 Å². The van der Waals surface area contributed by atoms with Crippen LogP contribution < -0.4 is 10.1 Å². The van der Waals surface area contributed by atoms with E-state index in [2.05, 4.69) is 5.32 Å². The van der Waals surface area contributed by atoms with Gasteiger partial charge in [-0.2, -0.15) is 0 Å². The Morgan fingerprint density at radius 2 is 2.05 bits per heavy atom. The number of nitrogens with one attached hydrogen (secondary N) is 1. The summed E-state index contributed by atoms with van der Waals surface area (Å²) >= 11 is 0. The molecule has 0 saturated heterocycles. The standard InChI is InChI=1S/C17H19NO4/c19-16(14-11-2-1-3-12(11)14)18-15(17(20)21)10-4-5-13-9(8-10)6-7-22-13/h4-5,8,11-12,14-15H,1-3,6-7H2,(H,18,19)(H,20,21). The smallest absolute Gasteiger partial charge is 0.330 e. The van der Waals surface area contributed by atoms with Gasteiger partial charge < -0.3 is 15.2 Å². The molecule has 0 bridgehead atoms. The number of carboxylic acids is 1. The normalized spacial score (nSPS) is 29.2. The van der Waals surface area contributed by atoms with Crippen molar-refractivity contribution in [2.45, 2.75) is 31.7 Å². The van der Waals surface area contributed by atoms with E-state index in [0.29, 0.717) is 24.0 Å². The molecule has 1 heterocycles. The number of hydrogen-bond donors (Lipinski definition) is 2. The van der Waals surface area contributed by atoms with E-state index in [1.807, 2.05) is 6.07 Å². The van der Waals surface area contributed by atoms with E-state index in [1.165, 1.54) is 6.42 Å². The predicted molar refractivity (Wildman–Crippen MR) is 78.5 cm³/mol. The van der Waals surface area contributed by atoms with Gasteiger partial charge in [0, 0.05) is 12.3 Å². The summed E-state index contributed by atoms with van der Waals surface area (Å²) in [6.45, 7) is 0.633. The van der Waals surface area contributed by atoms with Crippen molar-refractivity contribution in [1.29, 1.82) is 0 Å². The van der Waals surface area contributed by atoms with Gasteiger partial charge in [-0.05, 0) is 47.9 Å². The van der Waals surface area contributed by atoms with Crippen LogP contribution in [-0.4, -0.2) is 23.6 Å². The van der Waals surface area contributed by atoms with E-state index in [-0.39, 0.29) is 11.8 Å². The molecule has 3 aliphatic rings. The van der Waals surface area contributed by atoms with E-state index >= 15 is 0 Å². The molecule has 0 radical (unpaired) electrons. The SMILES string of the molecule is O=C(O)C(NC(=O)C1C2CCCC21)c1ccc2c(c1)CCO2. The van der Waals surface area contributed by atoms with Crippen molar-refractivity contribution in [2.75, 3.05) is 6.61 Å². The summed E-state index contributed by atoms with van der Waals surface area (Å²) < 4.78 is 5.44. The lowest BCUT2D eigenvalue weighted by Gasteiger charge is -2.16. The van der Waals surface area contributed by atoms with Crippen LogP contribution in [0, 0.1) is 17.8 Å². The Morgan fingerprint density at radius 1 is 1.27 bits per heavy atom. The van der Waals surface area contributed by atoms with Crippen molar-refractivity contribution in [1.82, 2.24) is 5.32 Å². The van der Waals surface area contributed by atoms with Gasteiger partial charge in [0.05, 0.1) is 6.61 Å². The molecule has 2 N–H and O–H groups in total. The molecule has 0 aromatic heterocycles. The third-order valence-corrected chi connectivity index (χ3v) is 5.29. The van der Waals surface area contributed by atoms with Crippen LogP contribution in [0.1, 0.15) is 36.4 Å². The van der Waals surface area contributed by atoms with Crippen LogP contribution in [0.3, 0.4) is 0 Å². The van der Waals surface area contributed by atoms with Gasteiger partial charge in [0.1, 0.15) is 5.75 Å². The molecule has 22 heavy (non-hydrogen) atoms. The van der Waals surface area contributed by atoms with Crippen molar-refractivity contribution in [3.63, 3.8) is 0 Å². The van der Waals surface area contributed by atoms with E-state index in [4.69, 9.17) is 4.74 Å². The average Bonchev–Trinajstić information content (AvgIpc) is 2.89. The number of hydrogen-bond acceptors (Lipinski definition) is 3. The maximum Gasteiger partial charge on any atom is 0.330 e. The molecule has 3 unspecified atom stereocenters. The summed E-state index contributed by atoms with van der Waals surface area (Å²) in [5.41, 5.74) is 1.64. The second-order valence-corrected chi connectivity index (χ2v) is 6.53. The van der Waals surface area contributed by atoms with Crippen LogP contribution in [0.2, 0.25) is 0 Å². The summed E-state index contributed by atoms with van der Waals surface area (Å²) in [4.78, 5) is 23.9. The summed E-state index contributed by atoms with van der Waals surface area (Å²) in [6.07, 6.45) is 4.20. The van der Waals surface area contributed by atoms with Gasteiger partial charge in [0.2, 0.25) is 5.91 Å². The quantitative estimate of drug-likeness (QED) is 0.890. The highest BCUT2D eigenvalue weighted by molar-refractivity contribution is 5.88. The zero-order valence-corrected chi connectivity index (χ0v) is 12.2. The minimum Gasteiger partial charge on any atom is -0.493 e. The first-order valence-corrected chi connectivity index (χ1v) is 7.94. The summed E-state index contributed by atoms with van der Waals surface area (Å²) in [6, 6.07) is 4.40. The zero-order chi connectivity index (χ0) is 15.3. The summed E-state index contributed by atoms with van der Waals surface area (Å²) in [5.74, 6) is 0.715. The molecular weight excluding hydrogens is 282 g/mol. The zero-order valence-electron chi connectivity index (χ0n) is 12.2. The Labute approximate surface area is 128 Å². The molecule has 5 heteroatoms. The molecule has 1 aliphatic heterocycles. The van der Waals surface area contributed by atoms with Crippen LogP contribution in [0.5, 0.6) is 5.75 Å². The first kappa shape index (κ1) is 13.6. The predicted octanol–water partition coefficient (Wildman–Crippen LogP) is 1.91. The molecule has 2 fully saturated rings. The van der Waals surface area contributed by atoms with Crippen molar-refractivity contribution in [2.24, 2.45) is 17.8 Å². The topological polar surface area (TPSA) is 75.6 Å². The van der Waals surface area contributed by atoms with Gasteiger partial charge in [-0.15, -0.1) is 0 Å². The molecule has 116 valence electrons. The molecule has 2 saturated carbocycles.